The van der Waals surface area contributed by atoms with Crippen LogP contribution in [0, 0.1) is 0 Å². The fourth-order valence-corrected chi connectivity index (χ4v) is 3.46. The lowest BCUT2D eigenvalue weighted by Crippen LogP contribution is -2.42. The Balaban J connectivity index is 2.69. The molecule has 2 aromatic rings. The number of benzene rings is 1. The number of hydrogen-bond donors (Lipinski definition) is 1. The van der Waals surface area contributed by atoms with Gasteiger partial charge in [-0.15, -0.1) is 0 Å². The Labute approximate surface area is 108 Å². The van der Waals surface area contributed by atoms with E-state index in [4.69, 9.17) is 4.42 Å². The van der Waals surface area contributed by atoms with E-state index in [0.29, 0.717) is 6.54 Å². The fourth-order valence-electron chi connectivity index (χ4n) is 2.05. The van der Waals surface area contributed by atoms with Gasteiger partial charge in [-0.25, -0.2) is 0 Å². The molecule has 0 saturated carbocycles. The van der Waals surface area contributed by atoms with Gasteiger partial charge in [-0.2, -0.15) is 0 Å². The Morgan fingerprint density at radius 3 is 2.56 bits per heavy atom. The molecule has 4 heteroatoms. The maximum Gasteiger partial charge on any atom is 0.255 e. The van der Waals surface area contributed by atoms with Crippen molar-refractivity contribution in [3.05, 3.63) is 29.8 Å². The lowest BCUT2D eigenvalue weighted by Gasteiger charge is -2.14. The van der Waals surface area contributed by atoms with E-state index in [0.717, 1.165) is 21.9 Å². The quantitative estimate of drug-likeness (QED) is 0.863. The molecule has 0 aliphatic carbocycles. The molecule has 1 heterocycles. The van der Waals surface area contributed by atoms with Gasteiger partial charge in [-0.1, -0.05) is 37.8 Å². The first-order valence-corrected chi connectivity index (χ1v) is 9.75. The highest BCUT2D eigenvalue weighted by atomic mass is 28.3. The van der Waals surface area contributed by atoms with Crippen LogP contribution in [0.2, 0.25) is 19.6 Å². The number of hydrogen-bond acceptors (Lipinski definition) is 2. The maximum atomic E-state index is 12.2. The Bertz CT molecular complexity index is 581. The summed E-state index contributed by atoms with van der Waals surface area (Å²) in [6.07, 6.45) is 0. The molecule has 18 heavy (non-hydrogen) atoms. The predicted molar refractivity (Wildman–Crippen MR) is 77.2 cm³/mol. The van der Waals surface area contributed by atoms with Gasteiger partial charge in [0.25, 0.3) is 5.91 Å². The van der Waals surface area contributed by atoms with Crippen LogP contribution in [0.15, 0.2) is 28.7 Å². The minimum absolute atomic E-state index is 0.0279. The third-order valence-electron chi connectivity index (χ3n) is 2.84. The van der Waals surface area contributed by atoms with Crippen LogP contribution < -0.4 is 10.7 Å². The summed E-state index contributed by atoms with van der Waals surface area (Å²) < 4.78 is 5.93. The monoisotopic (exact) mass is 261 g/mol. The summed E-state index contributed by atoms with van der Waals surface area (Å²) in [6, 6.07) is 7.74. The first-order chi connectivity index (χ1) is 8.45. The van der Waals surface area contributed by atoms with Crippen LogP contribution in [0.3, 0.4) is 0 Å². The van der Waals surface area contributed by atoms with Crippen LogP contribution in [0.5, 0.6) is 0 Å². The summed E-state index contributed by atoms with van der Waals surface area (Å²) in [5, 5.41) is 4.68. The molecule has 0 aliphatic heterocycles. The maximum absolute atomic E-state index is 12.2. The van der Waals surface area contributed by atoms with Crippen molar-refractivity contribution in [2.45, 2.75) is 26.6 Å². The van der Waals surface area contributed by atoms with Gasteiger partial charge in [-0.05, 0) is 13.0 Å². The highest BCUT2D eigenvalue weighted by Crippen LogP contribution is 2.22. The number of carbonyl (C=O) groups excluding carboxylic acids is 1. The molecule has 1 aromatic heterocycles. The van der Waals surface area contributed by atoms with E-state index in [1.807, 2.05) is 31.2 Å². The second kappa shape index (κ2) is 4.61. The number of furan rings is 1. The van der Waals surface area contributed by atoms with Crippen molar-refractivity contribution < 1.29 is 9.21 Å². The zero-order valence-electron chi connectivity index (χ0n) is 11.3. The summed E-state index contributed by atoms with van der Waals surface area (Å²) in [5.41, 5.74) is 1.53. The van der Waals surface area contributed by atoms with Gasteiger partial charge in [0.1, 0.15) is 13.7 Å². The van der Waals surface area contributed by atoms with E-state index < -0.39 is 8.07 Å². The highest BCUT2D eigenvalue weighted by Gasteiger charge is 2.30. The molecule has 0 spiro atoms. The minimum Gasteiger partial charge on any atom is -0.465 e. The molecule has 0 unspecified atom stereocenters. The molecule has 1 amide bonds. The summed E-state index contributed by atoms with van der Waals surface area (Å²) >= 11 is 0. The molecular weight excluding hydrogens is 242 g/mol. The molecule has 2 rings (SSSR count). The number of nitrogens with one attached hydrogen (secondary N) is 1. The van der Waals surface area contributed by atoms with Crippen molar-refractivity contribution in [2.75, 3.05) is 6.54 Å². The topological polar surface area (TPSA) is 42.2 Å². The summed E-state index contributed by atoms with van der Waals surface area (Å²) in [7, 11) is -1.68. The largest absolute Gasteiger partial charge is 0.465 e. The molecule has 3 nitrogen and oxygen atoms in total. The normalized spacial score (nSPS) is 11.8. The summed E-state index contributed by atoms with van der Waals surface area (Å²) in [6.45, 7) is 9.12. The average Bonchev–Trinajstić information content (AvgIpc) is 2.68. The van der Waals surface area contributed by atoms with E-state index in [9.17, 15) is 4.79 Å². The van der Waals surface area contributed by atoms with Gasteiger partial charge in [0.15, 0.2) is 0 Å². The third-order valence-corrected chi connectivity index (χ3v) is 4.56. The first kappa shape index (κ1) is 12.9. The smallest absolute Gasteiger partial charge is 0.255 e. The highest BCUT2D eigenvalue weighted by molar-refractivity contribution is 6.88. The first-order valence-electron chi connectivity index (χ1n) is 6.25. The molecule has 0 fully saturated rings. The van der Waals surface area contributed by atoms with E-state index in [1.54, 1.807) is 0 Å². The Morgan fingerprint density at radius 2 is 1.94 bits per heavy atom. The summed E-state index contributed by atoms with van der Waals surface area (Å²) in [4.78, 5) is 12.2. The van der Waals surface area contributed by atoms with Crippen LogP contribution in [-0.4, -0.2) is 20.5 Å². The van der Waals surface area contributed by atoms with Crippen molar-refractivity contribution in [2.24, 2.45) is 0 Å². The molecule has 0 bridgehead atoms. The fraction of sp³-hybridized carbons (Fsp3) is 0.357. The number of fused-ring (bicyclic) bond motifs is 1. The lowest BCUT2D eigenvalue weighted by atomic mass is 10.1. The third kappa shape index (κ3) is 2.20. The van der Waals surface area contributed by atoms with E-state index >= 15 is 0 Å². The van der Waals surface area contributed by atoms with Crippen LogP contribution >= 0.6 is 0 Å². The molecular formula is C14H19NO2Si. The van der Waals surface area contributed by atoms with Crippen molar-refractivity contribution in [3.63, 3.8) is 0 Å². The van der Waals surface area contributed by atoms with Crippen LogP contribution in [-0.2, 0) is 0 Å². The van der Waals surface area contributed by atoms with E-state index in [-0.39, 0.29) is 5.91 Å². The van der Waals surface area contributed by atoms with Crippen LogP contribution in [0.1, 0.15) is 17.3 Å². The SMILES string of the molecule is CCNC(=O)c1c([Si](C)(C)C)oc2ccccc12. The lowest BCUT2D eigenvalue weighted by molar-refractivity contribution is 0.0958. The standard InChI is InChI=1S/C14H19NO2Si/c1-5-15-13(16)12-10-8-6-7-9-11(10)17-14(12)18(2,3)4/h6-9H,5H2,1-4H3,(H,15,16). The predicted octanol–water partition coefficient (Wildman–Crippen LogP) is 2.73. The van der Waals surface area contributed by atoms with Gasteiger partial charge in [0.2, 0.25) is 0 Å². The minimum atomic E-state index is -1.68. The zero-order chi connectivity index (χ0) is 13.3. The second-order valence-corrected chi connectivity index (χ2v) is 10.4. The Kier molecular flexibility index (Phi) is 3.30. The van der Waals surface area contributed by atoms with Crippen LogP contribution in [0.4, 0.5) is 0 Å². The molecule has 0 saturated heterocycles. The van der Waals surface area contributed by atoms with Crippen LogP contribution in [0.25, 0.3) is 11.0 Å². The number of rotatable bonds is 3. The molecule has 0 aliphatic rings. The number of para-hydroxylation sites is 1. The molecule has 1 aromatic carbocycles. The van der Waals surface area contributed by atoms with Crippen molar-refractivity contribution in [1.29, 1.82) is 0 Å². The van der Waals surface area contributed by atoms with Gasteiger partial charge in [0.05, 0.1) is 10.9 Å². The Hall–Kier alpha value is -1.55. The molecule has 0 radical (unpaired) electrons. The van der Waals surface area contributed by atoms with Gasteiger partial charge in [-0.3, -0.25) is 4.79 Å². The van der Waals surface area contributed by atoms with Crippen molar-refractivity contribution in [3.8, 4) is 0 Å². The zero-order valence-corrected chi connectivity index (χ0v) is 12.3. The van der Waals surface area contributed by atoms with Crippen molar-refractivity contribution >= 4 is 30.3 Å². The Morgan fingerprint density at radius 1 is 1.28 bits per heavy atom. The van der Waals surface area contributed by atoms with Gasteiger partial charge in [0, 0.05) is 11.9 Å². The number of carbonyl (C=O) groups is 1. The molecule has 1 N–H and O–H groups in total. The van der Waals surface area contributed by atoms with E-state index in [2.05, 4.69) is 25.0 Å². The average molecular weight is 261 g/mol. The molecule has 96 valence electrons. The number of amides is 1. The van der Waals surface area contributed by atoms with E-state index in [1.165, 1.54) is 0 Å². The van der Waals surface area contributed by atoms with Gasteiger partial charge >= 0.3 is 0 Å². The summed E-state index contributed by atoms with van der Waals surface area (Å²) in [5.74, 6) is -0.0279. The van der Waals surface area contributed by atoms with Crippen molar-refractivity contribution in [1.82, 2.24) is 5.32 Å². The second-order valence-electron chi connectivity index (χ2n) is 5.41. The molecule has 0 atom stereocenters. The van der Waals surface area contributed by atoms with Gasteiger partial charge < -0.3 is 9.73 Å².